The summed E-state index contributed by atoms with van der Waals surface area (Å²) in [5, 5.41) is 0. The lowest BCUT2D eigenvalue weighted by Crippen LogP contribution is -2.54. The van der Waals surface area contributed by atoms with Crippen molar-refractivity contribution in [3.05, 3.63) is 47.0 Å². The summed E-state index contributed by atoms with van der Waals surface area (Å²) in [6.07, 6.45) is 3.51. The lowest BCUT2D eigenvalue weighted by Gasteiger charge is -2.35. The molecule has 0 aromatic heterocycles. The average Bonchev–Trinajstić information content (AvgIpc) is 3.35. The van der Waals surface area contributed by atoms with E-state index in [4.69, 9.17) is 4.74 Å². The Labute approximate surface area is 176 Å². The summed E-state index contributed by atoms with van der Waals surface area (Å²) in [7, 11) is 1.74. The second kappa shape index (κ2) is 6.67. The van der Waals surface area contributed by atoms with Crippen molar-refractivity contribution < 1.29 is 19.1 Å². The van der Waals surface area contributed by atoms with Gasteiger partial charge in [-0.25, -0.2) is 0 Å². The number of benzene rings is 1. The van der Waals surface area contributed by atoms with Crippen LogP contribution in [-0.4, -0.2) is 77.4 Å². The van der Waals surface area contributed by atoms with Crippen molar-refractivity contribution in [3.63, 3.8) is 0 Å². The minimum Gasteiger partial charge on any atom is -0.360 e. The number of nitrogens with zero attached hydrogens (tertiary/aromatic N) is 3. The van der Waals surface area contributed by atoms with Crippen molar-refractivity contribution in [1.29, 1.82) is 0 Å². The van der Waals surface area contributed by atoms with E-state index in [0.717, 1.165) is 16.7 Å². The van der Waals surface area contributed by atoms with Crippen LogP contribution >= 0.6 is 0 Å². The third kappa shape index (κ3) is 2.79. The quantitative estimate of drug-likeness (QED) is 0.695. The maximum absolute atomic E-state index is 13.5. The molecule has 3 amide bonds. The molecule has 4 aliphatic heterocycles. The van der Waals surface area contributed by atoms with Crippen LogP contribution < -0.4 is 0 Å². The maximum atomic E-state index is 13.5. The van der Waals surface area contributed by atoms with E-state index in [2.05, 4.69) is 18.2 Å². The van der Waals surface area contributed by atoms with Crippen LogP contribution in [0.15, 0.2) is 30.4 Å². The van der Waals surface area contributed by atoms with Crippen LogP contribution in [0.3, 0.4) is 0 Å². The van der Waals surface area contributed by atoms with Gasteiger partial charge in [0.2, 0.25) is 17.7 Å². The number of piperazine rings is 1. The highest BCUT2D eigenvalue weighted by Crippen LogP contribution is 2.52. The fraction of sp³-hybridized carbons (Fsp3) is 0.522. The Kier molecular flexibility index (Phi) is 4.29. The van der Waals surface area contributed by atoms with Gasteiger partial charge >= 0.3 is 0 Å². The summed E-state index contributed by atoms with van der Waals surface area (Å²) in [5.74, 6) is -1.30. The summed E-state index contributed by atoms with van der Waals surface area (Å²) in [5.41, 5.74) is 2.69. The smallest absolute Gasteiger partial charge is 0.241 e. The average molecular weight is 409 g/mol. The fourth-order valence-electron chi connectivity index (χ4n) is 5.33. The molecular formula is C23H27N3O4. The van der Waals surface area contributed by atoms with E-state index in [-0.39, 0.29) is 30.4 Å². The Hall–Kier alpha value is -2.67. The molecule has 2 bridgehead atoms. The van der Waals surface area contributed by atoms with Gasteiger partial charge in [0, 0.05) is 26.7 Å². The number of likely N-dealkylation sites (N-methyl/N-ethyl adjacent to an activating group) is 1. The summed E-state index contributed by atoms with van der Waals surface area (Å²) < 4.78 is 6.23. The van der Waals surface area contributed by atoms with Gasteiger partial charge in [-0.2, -0.15) is 0 Å². The Balaban J connectivity index is 1.39. The Morgan fingerprint density at radius 2 is 2.03 bits per heavy atom. The molecule has 7 heteroatoms. The molecule has 1 aromatic carbocycles. The minimum atomic E-state index is -0.726. The van der Waals surface area contributed by atoms with Crippen LogP contribution in [0.1, 0.15) is 16.7 Å². The molecule has 0 N–H and O–H groups in total. The molecule has 1 spiro atoms. The standard InChI is InChI=1S/C23H27N3O4/c1-14-4-5-15(2)16(10-14)11-26-13-23-7-6-17(30-23)19(20(23)22(26)29)21(28)25-9-8-24(3)18(27)12-25/h4-7,10,17,19-20H,8-9,11-13H2,1-3H3/t17-,19+,20-,23-/m0/s1. The number of rotatable bonds is 3. The minimum absolute atomic E-state index is 0.0263. The summed E-state index contributed by atoms with van der Waals surface area (Å²) >= 11 is 0. The van der Waals surface area contributed by atoms with Crippen molar-refractivity contribution in [2.75, 3.05) is 33.2 Å². The Morgan fingerprint density at radius 1 is 1.23 bits per heavy atom. The topological polar surface area (TPSA) is 70.2 Å². The highest BCUT2D eigenvalue weighted by molar-refractivity contribution is 5.94. The predicted molar refractivity (Wildman–Crippen MR) is 109 cm³/mol. The third-order valence-corrected chi connectivity index (χ3v) is 7.10. The molecule has 0 saturated carbocycles. The summed E-state index contributed by atoms with van der Waals surface area (Å²) in [4.78, 5) is 44.0. The normalized spacial score (nSPS) is 32.4. The molecule has 7 nitrogen and oxygen atoms in total. The lowest BCUT2D eigenvalue weighted by atomic mass is 9.76. The molecule has 158 valence electrons. The zero-order valence-electron chi connectivity index (χ0n) is 17.6. The second-order valence-corrected chi connectivity index (χ2v) is 9.10. The monoisotopic (exact) mass is 409 g/mol. The SMILES string of the molecule is Cc1ccc(C)c(CN2C[C@]34C=C[C@H](O3)[C@@H](C(=O)N3CCN(C)C(=O)C3)[C@H]4C2=O)c1. The first kappa shape index (κ1) is 19.3. The maximum Gasteiger partial charge on any atom is 0.241 e. The first-order valence-electron chi connectivity index (χ1n) is 10.5. The molecule has 3 fully saturated rings. The predicted octanol–water partition coefficient (Wildman–Crippen LogP) is 0.886. The van der Waals surface area contributed by atoms with Crippen LogP contribution in [0.5, 0.6) is 0 Å². The van der Waals surface area contributed by atoms with E-state index in [9.17, 15) is 14.4 Å². The van der Waals surface area contributed by atoms with Gasteiger partial charge in [0.25, 0.3) is 0 Å². The van der Waals surface area contributed by atoms with Gasteiger partial charge in [0.15, 0.2) is 0 Å². The third-order valence-electron chi connectivity index (χ3n) is 7.10. The van der Waals surface area contributed by atoms with Crippen LogP contribution in [0.4, 0.5) is 0 Å². The molecule has 3 saturated heterocycles. The molecule has 0 radical (unpaired) electrons. The van der Waals surface area contributed by atoms with Gasteiger partial charge in [-0.05, 0) is 25.0 Å². The largest absolute Gasteiger partial charge is 0.360 e. The van der Waals surface area contributed by atoms with E-state index in [1.807, 2.05) is 30.9 Å². The number of ether oxygens (including phenoxy) is 1. The van der Waals surface area contributed by atoms with E-state index in [1.165, 1.54) is 0 Å². The number of fused-ring (bicyclic) bond motifs is 1. The zero-order chi connectivity index (χ0) is 21.2. The Bertz CT molecular complexity index is 973. The first-order valence-corrected chi connectivity index (χ1v) is 10.5. The molecular weight excluding hydrogens is 382 g/mol. The van der Waals surface area contributed by atoms with Crippen LogP contribution in [0.25, 0.3) is 0 Å². The van der Waals surface area contributed by atoms with Crippen molar-refractivity contribution in [3.8, 4) is 0 Å². The van der Waals surface area contributed by atoms with Gasteiger partial charge in [-0.1, -0.05) is 35.9 Å². The number of hydrogen-bond acceptors (Lipinski definition) is 4. The van der Waals surface area contributed by atoms with Crippen LogP contribution in [0, 0.1) is 25.7 Å². The molecule has 5 rings (SSSR count). The lowest BCUT2D eigenvalue weighted by molar-refractivity contribution is -0.149. The molecule has 4 heterocycles. The van der Waals surface area contributed by atoms with Crippen LogP contribution in [0.2, 0.25) is 0 Å². The number of amides is 3. The van der Waals surface area contributed by atoms with Crippen molar-refractivity contribution >= 4 is 17.7 Å². The highest BCUT2D eigenvalue weighted by atomic mass is 16.5. The van der Waals surface area contributed by atoms with E-state index < -0.39 is 17.4 Å². The van der Waals surface area contributed by atoms with Crippen LogP contribution in [-0.2, 0) is 25.7 Å². The van der Waals surface area contributed by atoms with Crippen molar-refractivity contribution in [2.45, 2.75) is 32.1 Å². The Morgan fingerprint density at radius 3 is 2.80 bits per heavy atom. The fourth-order valence-corrected chi connectivity index (χ4v) is 5.33. The number of carbonyl (C=O) groups excluding carboxylic acids is 3. The molecule has 0 unspecified atom stereocenters. The van der Waals surface area contributed by atoms with E-state index >= 15 is 0 Å². The van der Waals surface area contributed by atoms with E-state index in [1.54, 1.807) is 16.8 Å². The molecule has 4 atom stereocenters. The number of aryl methyl sites for hydroxylation is 2. The highest BCUT2D eigenvalue weighted by Gasteiger charge is 2.67. The van der Waals surface area contributed by atoms with Gasteiger partial charge in [-0.15, -0.1) is 0 Å². The van der Waals surface area contributed by atoms with E-state index in [0.29, 0.717) is 26.2 Å². The van der Waals surface area contributed by atoms with Crippen molar-refractivity contribution in [2.24, 2.45) is 11.8 Å². The number of hydrogen-bond donors (Lipinski definition) is 0. The van der Waals surface area contributed by atoms with Gasteiger partial charge in [0.05, 0.1) is 31.0 Å². The van der Waals surface area contributed by atoms with Gasteiger partial charge in [0.1, 0.15) is 5.60 Å². The summed E-state index contributed by atoms with van der Waals surface area (Å²) in [6, 6.07) is 6.25. The first-order chi connectivity index (χ1) is 14.3. The number of carbonyl (C=O) groups is 3. The zero-order valence-corrected chi connectivity index (χ0v) is 17.6. The van der Waals surface area contributed by atoms with Gasteiger partial charge < -0.3 is 19.4 Å². The van der Waals surface area contributed by atoms with Gasteiger partial charge in [-0.3, -0.25) is 14.4 Å². The number of likely N-dealkylation sites (tertiary alicyclic amines) is 1. The molecule has 4 aliphatic rings. The molecule has 1 aromatic rings. The second-order valence-electron chi connectivity index (χ2n) is 9.10. The van der Waals surface area contributed by atoms with Crippen molar-refractivity contribution in [1.82, 2.24) is 14.7 Å². The molecule has 0 aliphatic carbocycles. The molecule has 30 heavy (non-hydrogen) atoms. The summed E-state index contributed by atoms with van der Waals surface area (Å²) in [6.45, 7) is 6.15.